The van der Waals surface area contributed by atoms with E-state index >= 15 is 4.39 Å². The van der Waals surface area contributed by atoms with Crippen molar-refractivity contribution in [2.45, 2.75) is 64.9 Å². The number of hydrogen-bond acceptors (Lipinski definition) is 11. The Bertz CT molecular complexity index is 3140. The molecule has 2 aromatic carbocycles. The van der Waals surface area contributed by atoms with Gasteiger partial charge < -0.3 is 26.8 Å². The van der Waals surface area contributed by atoms with Crippen LogP contribution in [0.1, 0.15) is 66.8 Å². The molecule has 0 saturated heterocycles. The Balaban J connectivity index is 1.04. The Morgan fingerprint density at radius 3 is 2.39 bits per heavy atom. The third-order valence-electron chi connectivity index (χ3n) is 13.5. The van der Waals surface area contributed by atoms with E-state index in [9.17, 15) is 14.7 Å². The number of rotatable bonds is 10. The summed E-state index contributed by atoms with van der Waals surface area (Å²) in [5.74, 6) is 0.456. The molecule has 6 atom stereocenters. The number of aliphatic hydroxyl groups is 1. The van der Waals surface area contributed by atoms with E-state index in [1.807, 2.05) is 45.3 Å². The van der Waals surface area contributed by atoms with Crippen molar-refractivity contribution >= 4 is 62.3 Å². The highest BCUT2D eigenvalue weighted by Gasteiger charge is 2.53. The molecule has 0 bridgehead atoms. The van der Waals surface area contributed by atoms with Crippen molar-refractivity contribution < 1.29 is 19.1 Å². The van der Waals surface area contributed by atoms with Gasteiger partial charge in [-0.1, -0.05) is 19.1 Å². The number of nitrogens with zero attached hydrogens (tertiary/aromatic N) is 7. The lowest BCUT2D eigenvalue weighted by molar-refractivity contribution is -0.118. The average Bonchev–Trinajstić information content (AvgIpc) is 4.09. The van der Waals surface area contributed by atoms with Crippen molar-refractivity contribution in [3.63, 3.8) is 0 Å². The smallest absolute Gasteiger partial charge is 0.229 e. The Labute approximate surface area is 368 Å². The van der Waals surface area contributed by atoms with Crippen molar-refractivity contribution in [2.24, 2.45) is 30.7 Å². The molecule has 0 aliphatic heterocycles. The number of fused-ring (bicyclic) bond motifs is 3. The van der Waals surface area contributed by atoms with Crippen LogP contribution in [0.15, 0.2) is 73.3 Å². The van der Waals surface area contributed by atoms with Gasteiger partial charge in [-0.15, -0.1) is 0 Å². The number of nitrogens with one attached hydrogen (secondary N) is 3. The minimum atomic E-state index is -1.16. The monoisotopic (exact) mass is 855 g/mol. The normalized spacial score (nSPS) is 21.9. The van der Waals surface area contributed by atoms with Crippen LogP contribution in [-0.4, -0.2) is 46.6 Å². The van der Waals surface area contributed by atoms with Gasteiger partial charge in [0.1, 0.15) is 29.1 Å². The van der Waals surface area contributed by atoms with Crippen molar-refractivity contribution in [3.8, 4) is 28.6 Å². The number of carbonyl (C=O) groups excluding carboxylic acids is 2. The van der Waals surface area contributed by atoms with Crippen molar-refractivity contribution in [2.75, 3.05) is 21.7 Å². The van der Waals surface area contributed by atoms with E-state index in [2.05, 4.69) is 44.0 Å². The lowest BCUT2D eigenvalue weighted by Crippen LogP contribution is -2.17. The van der Waals surface area contributed by atoms with Gasteiger partial charge in [0.25, 0.3) is 0 Å². The van der Waals surface area contributed by atoms with Gasteiger partial charge in [-0.2, -0.15) is 10.4 Å². The van der Waals surface area contributed by atoms with Crippen LogP contribution in [0.25, 0.3) is 44.1 Å². The number of hydrogen-bond donors (Lipinski definition) is 5. The van der Waals surface area contributed by atoms with Crippen LogP contribution in [0.3, 0.4) is 0 Å². The largest absolute Gasteiger partial charge is 0.385 e. The fraction of sp³-hybridized carbons (Fsp3) is 0.306. The molecule has 2 saturated carbocycles. The first-order chi connectivity index (χ1) is 30.7. The summed E-state index contributed by atoms with van der Waals surface area (Å²) in [4.78, 5) is 45.6. The third-order valence-corrected chi connectivity index (χ3v) is 13.5. The summed E-state index contributed by atoms with van der Waals surface area (Å²) in [7, 11) is 1.86. The third kappa shape index (κ3) is 7.13. The molecule has 14 nitrogen and oxygen atoms in total. The molecule has 3 aliphatic rings. The summed E-state index contributed by atoms with van der Waals surface area (Å²) >= 11 is 0. The second-order valence-corrected chi connectivity index (χ2v) is 17.9. The topological polar surface area (TPSA) is 210 Å². The van der Waals surface area contributed by atoms with Crippen LogP contribution in [0.5, 0.6) is 0 Å². The highest BCUT2D eigenvalue weighted by Crippen LogP contribution is 2.54. The molecule has 15 heteroatoms. The van der Waals surface area contributed by atoms with Gasteiger partial charge in [0.2, 0.25) is 11.8 Å². The van der Waals surface area contributed by atoms with Crippen molar-refractivity contribution in [1.29, 1.82) is 5.26 Å². The van der Waals surface area contributed by atoms with E-state index in [0.29, 0.717) is 92.9 Å². The maximum atomic E-state index is 15.7. The molecular weight excluding hydrogens is 810 g/mol. The zero-order valence-corrected chi connectivity index (χ0v) is 36.0. The van der Waals surface area contributed by atoms with Crippen molar-refractivity contribution in [3.05, 3.63) is 107 Å². The molecule has 2 amide bonds. The lowest BCUT2D eigenvalue weighted by atomic mass is 9.90. The summed E-state index contributed by atoms with van der Waals surface area (Å²) in [6.07, 6.45) is 9.08. The maximum Gasteiger partial charge on any atom is 0.229 e. The molecule has 64 heavy (non-hydrogen) atoms. The number of amides is 2. The van der Waals surface area contributed by atoms with Gasteiger partial charge in [-0.05, 0) is 127 Å². The molecule has 6 N–H and O–H groups in total. The van der Waals surface area contributed by atoms with Crippen molar-refractivity contribution in [1.82, 2.24) is 29.7 Å². The zero-order chi connectivity index (χ0) is 44.8. The molecule has 3 aliphatic carbocycles. The van der Waals surface area contributed by atoms with Gasteiger partial charge in [0.05, 0.1) is 29.3 Å². The second kappa shape index (κ2) is 15.2. The number of aromatic nitrogens is 6. The SMILES string of the molecule is Cc1cccc(F)c1-c1cc2cc(NC(=O)[C@@H]3[C@@H](C)[C@H]3c3cnn(C)c3)ncc2c(Nc2cc3c(c(-c4cc5cc(NC(=O)[C@H]6C[C@@H]6CC#N)ncc5c(N)n4)c2C)CC[C@@]3(C)O)n1. The van der Waals surface area contributed by atoms with E-state index < -0.39 is 11.4 Å². The average molecular weight is 856 g/mol. The molecule has 7 aromatic rings. The van der Waals surface area contributed by atoms with Gasteiger partial charge >= 0.3 is 0 Å². The van der Waals surface area contributed by atoms with E-state index in [0.717, 1.165) is 27.8 Å². The van der Waals surface area contributed by atoms with E-state index in [1.165, 1.54) is 6.07 Å². The second-order valence-electron chi connectivity index (χ2n) is 17.9. The van der Waals surface area contributed by atoms with Gasteiger partial charge in [-0.3, -0.25) is 14.3 Å². The predicted molar refractivity (Wildman–Crippen MR) is 243 cm³/mol. The number of pyridine rings is 4. The van der Waals surface area contributed by atoms with Crippen LogP contribution < -0.4 is 21.7 Å². The molecular formula is C49H46FN11O3. The first-order valence-corrected chi connectivity index (χ1v) is 21.5. The van der Waals surface area contributed by atoms with Crippen LogP contribution >= 0.6 is 0 Å². The summed E-state index contributed by atoms with van der Waals surface area (Å²) in [5.41, 5.74) is 12.4. The lowest BCUT2D eigenvalue weighted by Gasteiger charge is -2.23. The van der Waals surface area contributed by atoms with Gasteiger partial charge in [0, 0.05) is 77.4 Å². The quantitative estimate of drug-likeness (QED) is 0.0883. The Hall–Kier alpha value is -7.31. The zero-order valence-electron chi connectivity index (χ0n) is 36.0. The fourth-order valence-corrected chi connectivity index (χ4v) is 9.78. The number of carbonyl (C=O) groups is 2. The summed E-state index contributed by atoms with van der Waals surface area (Å²) in [6, 6.07) is 16.2. The van der Waals surface area contributed by atoms with Gasteiger partial charge in [0.15, 0.2) is 0 Å². The van der Waals surface area contributed by atoms with Gasteiger partial charge in [-0.25, -0.2) is 24.3 Å². The van der Waals surface area contributed by atoms with E-state index in [-0.39, 0.29) is 47.2 Å². The first-order valence-electron chi connectivity index (χ1n) is 21.5. The molecule has 5 heterocycles. The fourth-order valence-electron chi connectivity index (χ4n) is 9.78. The number of benzene rings is 2. The summed E-state index contributed by atoms with van der Waals surface area (Å²) in [5, 5.41) is 37.2. The van der Waals surface area contributed by atoms with E-state index in [1.54, 1.807) is 54.5 Å². The molecule has 10 rings (SSSR count). The molecule has 322 valence electrons. The maximum absolute atomic E-state index is 15.7. The number of nitriles is 1. The van der Waals surface area contributed by atoms with Crippen LogP contribution in [0.2, 0.25) is 0 Å². The number of halogens is 1. The Kier molecular flexibility index (Phi) is 9.68. The highest BCUT2D eigenvalue weighted by atomic mass is 19.1. The number of aryl methyl sites for hydroxylation is 2. The standard InChI is InChI=1S/C49H46FN11O3/c1-23-7-6-8-35(50)41(23)37-15-28-17-40(60-48(63)44-25(3)42(44)29-19-55-61(5)22-29)54-21-33(28)46(58-37)57-36-18-34-30(9-11-49(34,4)64)43(24(36)2)38-14-27-16-39(53-20-32(27)45(52)56-38)59-47(62)31-13-26(31)10-12-51/h6-8,14-22,25-26,31,42,44,64H,9-11,13H2,1-5H3,(H2,52,56)(H,57,58)(H,53,59,62)(H,54,60,63)/t25-,26-,31-,42-,44+,49+/m0/s1. The first kappa shape index (κ1) is 40.7. The molecule has 0 spiro atoms. The minimum Gasteiger partial charge on any atom is -0.385 e. The molecule has 0 unspecified atom stereocenters. The Morgan fingerprint density at radius 1 is 0.984 bits per heavy atom. The predicted octanol–water partition coefficient (Wildman–Crippen LogP) is 8.35. The Morgan fingerprint density at radius 2 is 1.69 bits per heavy atom. The number of nitrogen functional groups attached to an aromatic ring is 1. The molecule has 5 aromatic heterocycles. The number of anilines is 5. The number of nitrogens with two attached hydrogens (primary N) is 1. The molecule has 0 radical (unpaired) electrons. The van der Waals surface area contributed by atoms with Crippen LogP contribution in [-0.2, 0) is 28.7 Å². The highest BCUT2D eigenvalue weighted by molar-refractivity contribution is 6.02. The minimum absolute atomic E-state index is 0.0591. The van der Waals surface area contributed by atoms with Crippen LogP contribution in [0.4, 0.5) is 33.3 Å². The summed E-state index contributed by atoms with van der Waals surface area (Å²) < 4.78 is 17.4. The summed E-state index contributed by atoms with van der Waals surface area (Å²) in [6.45, 7) is 7.65. The van der Waals surface area contributed by atoms with Crippen LogP contribution in [0, 0.1) is 54.7 Å². The van der Waals surface area contributed by atoms with E-state index in [4.69, 9.17) is 21.0 Å². The molecule has 2 fully saturated rings.